The summed E-state index contributed by atoms with van der Waals surface area (Å²) in [7, 11) is 0. The van der Waals surface area contributed by atoms with Crippen molar-refractivity contribution < 1.29 is 9.53 Å². The predicted octanol–water partition coefficient (Wildman–Crippen LogP) is 1.85. The molecule has 2 aliphatic rings. The van der Waals surface area contributed by atoms with Crippen LogP contribution in [0.4, 0.5) is 0 Å². The van der Waals surface area contributed by atoms with Crippen LogP contribution in [0.1, 0.15) is 46.0 Å². The van der Waals surface area contributed by atoms with Crippen LogP contribution in [0.2, 0.25) is 0 Å². The minimum absolute atomic E-state index is 0.0268. The van der Waals surface area contributed by atoms with Gasteiger partial charge in [-0.1, -0.05) is 13.8 Å². The van der Waals surface area contributed by atoms with E-state index >= 15 is 0 Å². The van der Waals surface area contributed by atoms with Crippen LogP contribution in [0.15, 0.2) is 0 Å². The van der Waals surface area contributed by atoms with Gasteiger partial charge in [0.15, 0.2) is 0 Å². The number of hydrogen-bond donors (Lipinski definition) is 1. The Labute approximate surface area is 91.4 Å². The molecule has 15 heavy (non-hydrogen) atoms. The molecular formula is C12H21NO2. The van der Waals surface area contributed by atoms with Crippen LogP contribution >= 0.6 is 0 Å². The number of ether oxygens (including phenoxy) is 1. The summed E-state index contributed by atoms with van der Waals surface area (Å²) in [5, 5.41) is 0. The molecule has 3 heteroatoms. The van der Waals surface area contributed by atoms with Gasteiger partial charge in [-0.15, -0.1) is 0 Å². The van der Waals surface area contributed by atoms with Crippen LogP contribution in [0, 0.1) is 10.8 Å². The van der Waals surface area contributed by atoms with Gasteiger partial charge in [-0.2, -0.15) is 0 Å². The summed E-state index contributed by atoms with van der Waals surface area (Å²) in [6.07, 6.45) is 5.10. The highest BCUT2D eigenvalue weighted by Crippen LogP contribution is 2.52. The zero-order valence-electron chi connectivity index (χ0n) is 9.71. The molecule has 1 aliphatic carbocycles. The SMILES string of the molecule is CC1(C)CCC2(CC1)CC(=O)OC2CN. The van der Waals surface area contributed by atoms with Gasteiger partial charge in [0.05, 0.1) is 6.42 Å². The molecule has 3 nitrogen and oxygen atoms in total. The van der Waals surface area contributed by atoms with Crippen LogP contribution in [0.25, 0.3) is 0 Å². The molecule has 1 unspecified atom stereocenters. The van der Waals surface area contributed by atoms with Gasteiger partial charge >= 0.3 is 5.97 Å². The third-order valence-corrected chi connectivity index (χ3v) is 4.27. The molecule has 0 amide bonds. The van der Waals surface area contributed by atoms with E-state index in [1.54, 1.807) is 0 Å². The fourth-order valence-corrected chi connectivity index (χ4v) is 2.95. The number of esters is 1. The molecule has 0 aromatic heterocycles. The quantitative estimate of drug-likeness (QED) is 0.673. The third-order valence-electron chi connectivity index (χ3n) is 4.27. The van der Waals surface area contributed by atoms with Gasteiger partial charge in [-0.05, 0) is 31.1 Å². The van der Waals surface area contributed by atoms with Crippen molar-refractivity contribution in [2.45, 2.75) is 52.1 Å². The molecule has 0 aromatic rings. The van der Waals surface area contributed by atoms with Gasteiger partial charge < -0.3 is 10.5 Å². The first-order valence-corrected chi connectivity index (χ1v) is 5.87. The van der Waals surface area contributed by atoms with Crippen molar-refractivity contribution in [3.05, 3.63) is 0 Å². The molecule has 1 saturated heterocycles. The minimum Gasteiger partial charge on any atom is -0.460 e. The van der Waals surface area contributed by atoms with Crippen molar-refractivity contribution in [1.29, 1.82) is 0 Å². The van der Waals surface area contributed by atoms with E-state index < -0.39 is 0 Å². The van der Waals surface area contributed by atoms with Crippen molar-refractivity contribution in [2.75, 3.05) is 6.54 Å². The summed E-state index contributed by atoms with van der Waals surface area (Å²) in [5.74, 6) is -0.0508. The van der Waals surface area contributed by atoms with E-state index in [0.717, 1.165) is 12.8 Å². The molecular weight excluding hydrogens is 190 g/mol. The van der Waals surface area contributed by atoms with Gasteiger partial charge in [0.1, 0.15) is 6.10 Å². The summed E-state index contributed by atoms with van der Waals surface area (Å²) >= 11 is 0. The summed E-state index contributed by atoms with van der Waals surface area (Å²) in [5.41, 5.74) is 6.19. The van der Waals surface area contributed by atoms with E-state index in [0.29, 0.717) is 18.4 Å². The van der Waals surface area contributed by atoms with E-state index in [1.165, 1.54) is 12.8 Å². The average molecular weight is 211 g/mol. The van der Waals surface area contributed by atoms with Crippen LogP contribution in [0.5, 0.6) is 0 Å². The lowest BCUT2D eigenvalue weighted by Crippen LogP contribution is -2.41. The van der Waals surface area contributed by atoms with Crippen molar-refractivity contribution in [1.82, 2.24) is 0 Å². The van der Waals surface area contributed by atoms with Crippen LogP contribution < -0.4 is 5.73 Å². The summed E-state index contributed by atoms with van der Waals surface area (Å²) in [4.78, 5) is 11.4. The molecule has 1 saturated carbocycles. The monoisotopic (exact) mass is 211 g/mol. The maximum atomic E-state index is 11.4. The Morgan fingerprint density at radius 2 is 1.93 bits per heavy atom. The molecule has 1 aliphatic heterocycles. The lowest BCUT2D eigenvalue weighted by molar-refractivity contribution is -0.141. The number of carbonyl (C=O) groups is 1. The Morgan fingerprint density at radius 3 is 2.47 bits per heavy atom. The minimum atomic E-state index is -0.0508. The molecule has 1 atom stereocenters. The largest absolute Gasteiger partial charge is 0.460 e. The van der Waals surface area contributed by atoms with E-state index in [2.05, 4.69) is 13.8 Å². The molecule has 1 spiro atoms. The highest BCUT2D eigenvalue weighted by molar-refractivity contribution is 5.73. The van der Waals surface area contributed by atoms with Gasteiger partial charge in [0, 0.05) is 12.0 Å². The average Bonchev–Trinajstić information content (AvgIpc) is 2.49. The molecule has 2 N–H and O–H groups in total. The second kappa shape index (κ2) is 3.48. The lowest BCUT2D eigenvalue weighted by Gasteiger charge is -2.42. The van der Waals surface area contributed by atoms with Crippen molar-refractivity contribution in [3.8, 4) is 0 Å². The smallest absolute Gasteiger partial charge is 0.306 e. The topological polar surface area (TPSA) is 52.3 Å². The van der Waals surface area contributed by atoms with E-state index in [9.17, 15) is 4.79 Å². The lowest BCUT2D eigenvalue weighted by atomic mass is 9.62. The number of rotatable bonds is 1. The Morgan fingerprint density at radius 1 is 1.33 bits per heavy atom. The number of nitrogens with two attached hydrogens (primary N) is 1. The number of cyclic esters (lactones) is 1. The van der Waals surface area contributed by atoms with Crippen LogP contribution in [0.3, 0.4) is 0 Å². The summed E-state index contributed by atoms with van der Waals surface area (Å²) in [6.45, 7) is 5.08. The van der Waals surface area contributed by atoms with Gasteiger partial charge in [0.25, 0.3) is 0 Å². The normalized spacial score (nSPS) is 33.0. The van der Waals surface area contributed by atoms with Crippen LogP contribution in [-0.2, 0) is 9.53 Å². The molecule has 0 radical (unpaired) electrons. The Hall–Kier alpha value is -0.570. The van der Waals surface area contributed by atoms with Gasteiger partial charge in [0.2, 0.25) is 0 Å². The standard InChI is InChI=1S/C12H21NO2/c1-11(2)3-5-12(6-4-11)7-10(14)15-9(12)8-13/h9H,3-8,13H2,1-2H3. The predicted molar refractivity (Wildman–Crippen MR) is 58.2 cm³/mol. The Kier molecular flexibility index (Phi) is 2.53. The Bertz CT molecular complexity index is 263. The number of carbonyl (C=O) groups excluding carboxylic acids is 1. The fourth-order valence-electron chi connectivity index (χ4n) is 2.95. The first-order valence-electron chi connectivity index (χ1n) is 5.87. The first-order chi connectivity index (χ1) is 6.97. The molecule has 2 fully saturated rings. The third kappa shape index (κ3) is 1.89. The van der Waals surface area contributed by atoms with Crippen LogP contribution in [-0.4, -0.2) is 18.6 Å². The maximum Gasteiger partial charge on any atom is 0.306 e. The highest BCUT2D eigenvalue weighted by atomic mass is 16.6. The van der Waals surface area contributed by atoms with E-state index in [-0.39, 0.29) is 17.5 Å². The van der Waals surface area contributed by atoms with Crippen molar-refractivity contribution >= 4 is 5.97 Å². The summed E-state index contributed by atoms with van der Waals surface area (Å²) < 4.78 is 5.31. The summed E-state index contributed by atoms with van der Waals surface area (Å²) in [6, 6.07) is 0. The highest BCUT2D eigenvalue weighted by Gasteiger charge is 2.50. The van der Waals surface area contributed by atoms with Crippen molar-refractivity contribution in [2.24, 2.45) is 16.6 Å². The zero-order chi connectivity index (χ0) is 11.1. The molecule has 0 aromatic carbocycles. The fraction of sp³-hybridized carbons (Fsp3) is 0.917. The van der Waals surface area contributed by atoms with Gasteiger partial charge in [-0.25, -0.2) is 0 Å². The molecule has 0 bridgehead atoms. The van der Waals surface area contributed by atoms with E-state index in [4.69, 9.17) is 10.5 Å². The zero-order valence-corrected chi connectivity index (χ0v) is 9.71. The molecule has 1 heterocycles. The second-order valence-corrected chi connectivity index (χ2v) is 5.92. The van der Waals surface area contributed by atoms with Crippen molar-refractivity contribution in [3.63, 3.8) is 0 Å². The maximum absolute atomic E-state index is 11.4. The first kappa shape index (κ1) is 10.9. The molecule has 86 valence electrons. The molecule has 2 rings (SSSR count). The second-order valence-electron chi connectivity index (χ2n) is 5.92. The van der Waals surface area contributed by atoms with E-state index in [1.807, 2.05) is 0 Å². The number of hydrogen-bond acceptors (Lipinski definition) is 3. The van der Waals surface area contributed by atoms with Gasteiger partial charge in [-0.3, -0.25) is 4.79 Å². The Balaban J connectivity index is 2.11.